The van der Waals surface area contributed by atoms with Crippen molar-refractivity contribution in [3.8, 4) is 0 Å². The second kappa shape index (κ2) is 6.61. The SMILES string of the molecule is CC(=O)NC12C[C@@H]3C[C@@H](C1)CC(C(=O)N1CCN(C(=O)c4ccco4)CC1)(C3)C2. The van der Waals surface area contributed by atoms with Gasteiger partial charge in [0.25, 0.3) is 5.91 Å². The smallest absolute Gasteiger partial charge is 0.289 e. The highest BCUT2D eigenvalue weighted by molar-refractivity contribution is 5.91. The lowest BCUT2D eigenvalue weighted by atomic mass is 9.46. The summed E-state index contributed by atoms with van der Waals surface area (Å²) in [7, 11) is 0. The van der Waals surface area contributed by atoms with Gasteiger partial charge >= 0.3 is 0 Å². The van der Waals surface area contributed by atoms with E-state index < -0.39 is 0 Å². The number of nitrogens with one attached hydrogen (secondary N) is 1. The van der Waals surface area contributed by atoms with Crippen LogP contribution in [-0.2, 0) is 9.59 Å². The highest BCUT2D eigenvalue weighted by atomic mass is 16.3. The molecule has 156 valence electrons. The quantitative estimate of drug-likeness (QED) is 0.843. The Bertz CT molecular complexity index is 811. The molecule has 1 saturated heterocycles. The zero-order valence-electron chi connectivity index (χ0n) is 17.0. The molecule has 1 aromatic rings. The average molecular weight is 399 g/mol. The van der Waals surface area contributed by atoms with Crippen molar-refractivity contribution in [1.82, 2.24) is 15.1 Å². The number of amides is 3. The van der Waals surface area contributed by atoms with Gasteiger partial charge in [0.05, 0.1) is 11.7 Å². The fourth-order valence-corrected chi connectivity index (χ4v) is 7.04. The number of hydrogen-bond acceptors (Lipinski definition) is 4. The van der Waals surface area contributed by atoms with Crippen LogP contribution in [0.25, 0.3) is 0 Å². The predicted octanol–water partition coefficient (Wildman–Crippen LogP) is 2.04. The van der Waals surface area contributed by atoms with Crippen molar-refractivity contribution in [2.75, 3.05) is 26.2 Å². The minimum absolute atomic E-state index is 0.0135. The first kappa shape index (κ1) is 18.7. The van der Waals surface area contributed by atoms with E-state index in [2.05, 4.69) is 5.32 Å². The first-order valence-electron chi connectivity index (χ1n) is 10.8. The molecule has 1 N–H and O–H groups in total. The Morgan fingerprint density at radius 3 is 2.28 bits per heavy atom. The highest BCUT2D eigenvalue weighted by Crippen LogP contribution is 2.62. The van der Waals surface area contributed by atoms with Gasteiger partial charge in [-0.2, -0.15) is 0 Å². The van der Waals surface area contributed by atoms with E-state index in [4.69, 9.17) is 4.42 Å². The lowest BCUT2D eigenvalue weighted by Gasteiger charge is -2.62. The molecule has 6 rings (SSSR count). The topological polar surface area (TPSA) is 82.9 Å². The standard InChI is InChI=1S/C22H29N3O4/c1-15(26)23-22-12-16-9-17(13-22)11-21(10-16,14-22)20(28)25-6-4-24(5-7-25)19(27)18-3-2-8-29-18/h2-3,8,16-17H,4-7,9-14H2,1H3,(H,23,26)/t16-,17-,21?,22?/m1/s1. The number of carbonyl (C=O) groups is 3. The Hall–Kier alpha value is -2.31. The Labute approximate surface area is 170 Å². The van der Waals surface area contributed by atoms with Gasteiger partial charge in [-0.15, -0.1) is 0 Å². The molecule has 7 nitrogen and oxygen atoms in total. The Morgan fingerprint density at radius 2 is 1.69 bits per heavy atom. The third-order valence-electron chi connectivity index (χ3n) is 7.54. The lowest BCUT2D eigenvalue weighted by Crippen LogP contribution is -2.66. The molecule has 0 aromatic carbocycles. The van der Waals surface area contributed by atoms with Crippen LogP contribution in [0.2, 0.25) is 0 Å². The van der Waals surface area contributed by atoms with Crippen LogP contribution in [-0.4, -0.2) is 59.2 Å². The Morgan fingerprint density at radius 1 is 1.03 bits per heavy atom. The van der Waals surface area contributed by atoms with Gasteiger partial charge < -0.3 is 19.5 Å². The predicted molar refractivity (Wildman–Crippen MR) is 105 cm³/mol. The van der Waals surface area contributed by atoms with E-state index >= 15 is 0 Å². The molecule has 5 aliphatic rings. The normalized spacial score (nSPS) is 35.6. The maximum Gasteiger partial charge on any atom is 0.289 e. The molecule has 5 fully saturated rings. The maximum absolute atomic E-state index is 13.7. The summed E-state index contributed by atoms with van der Waals surface area (Å²) in [5, 5.41) is 3.23. The van der Waals surface area contributed by atoms with E-state index in [-0.39, 0.29) is 28.7 Å². The van der Waals surface area contributed by atoms with Crippen molar-refractivity contribution in [3.05, 3.63) is 24.2 Å². The summed E-state index contributed by atoms with van der Waals surface area (Å²) in [6.07, 6.45) is 7.42. The molecular formula is C22H29N3O4. The Balaban J connectivity index is 1.29. The second-order valence-electron chi connectivity index (χ2n) is 9.76. The number of carbonyl (C=O) groups excluding carboxylic acids is 3. The van der Waals surface area contributed by atoms with Gasteiger partial charge in [0.1, 0.15) is 0 Å². The molecule has 29 heavy (non-hydrogen) atoms. The molecule has 4 bridgehead atoms. The van der Waals surface area contributed by atoms with Crippen molar-refractivity contribution in [2.24, 2.45) is 17.3 Å². The average Bonchev–Trinajstić information content (AvgIpc) is 3.19. The van der Waals surface area contributed by atoms with Gasteiger partial charge in [0.2, 0.25) is 11.8 Å². The fourth-order valence-electron chi connectivity index (χ4n) is 7.04. The molecule has 4 aliphatic carbocycles. The number of nitrogens with zero attached hydrogens (tertiary/aromatic N) is 2. The monoisotopic (exact) mass is 399 g/mol. The van der Waals surface area contributed by atoms with E-state index in [9.17, 15) is 14.4 Å². The molecule has 2 atom stereocenters. The summed E-state index contributed by atoms with van der Waals surface area (Å²) in [5.74, 6) is 1.57. The van der Waals surface area contributed by atoms with Gasteiger partial charge in [0, 0.05) is 38.6 Å². The van der Waals surface area contributed by atoms with Crippen LogP contribution in [0.5, 0.6) is 0 Å². The van der Waals surface area contributed by atoms with Gasteiger partial charge in [-0.1, -0.05) is 0 Å². The first-order chi connectivity index (χ1) is 13.9. The van der Waals surface area contributed by atoms with Crippen LogP contribution in [0.15, 0.2) is 22.8 Å². The van der Waals surface area contributed by atoms with E-state index in [1.165, 1.54) is 12.7 Å². The molecular weight excluding hydrogens is 370 g/mol. The second-order valence-corrected chi connectivity index (χ2v) is 9.76. The molecule has 1 aliphatic heterocycles. The van der Waals surface area contributed by atoms with Gasteiger partial charge in [-0.05, 0) is 62.5 Å². The number of hydrogen-bond donors (Lipinski definition) is 1. The van der Waals surface area contributed by atoms with Crippen molar-refractivity contribution in [2.45, 2.75) is 51.0 Å². The summed E-state index contributed by atoms with van der Waals surface area (Å²) in [4.78, 5) is 41.7. The third-order valence-corrected chi connectivity index (χ3v) is 7.54. The van der Waals surface area contributed by atoms with Crippen molar-refractivity contribution >= 4 is 17.7 Å². The molecule has 4 saturated carbocycles. The summed E-state index contributed by atoms with van der Waals surface area (Å²) in [5.41, 5.74) is -0.525. The van der Waals surface area contributed by atoms with Crippen LogP contribution in [0.4, 0.5) is 0 Å². The van der Waals surface area contributed by atoms with Crippen LogP contribution < -0.4 is 5.32 Å². The Kier molecular flexibility index (Phi) is 4.26. The van der Waals surface area contributed by atoms with Crippen LogP contribution in [0.3, 0.4) is 0 Å². The number of rotatable bonds is 3. The highest BCUT2D eigenvalue weighted by Gasteiger charge is 2.61. The molecule has 3 amide bonds. The molecule has 0 radical (unpaired) electrons. The fraction of sp³-hybridized carbons (Fsp3) is 0.682. The van der Waals surface area contributed by atoms with E-state index in [1.54, 1.807) is 24.0 Å². The van der Waals surface area contributed by atoms with Gasteiger partial charge in [-0.3, -0.25) is 14.4 Å². The van der Waals surface area contributed by atoms with Crippen LogP contribution >= 0.6 is 0 Å². The summed E-state index contributed by atoms with van der Waals surface area (Å²) < 4.78 is 5.22. The third kappa shape index (κ3) is 3.15. The zero-order chi connectivity index (χ0) is 20.2. The zero-order valence-corrected chi connectivity index (χ0v) is 17.0. The molecule has 2 heterocycles. The van der Waals surface area contributed by atoms with Gasteiger partial charge in [-0.25, -0.2) is 0 Å². The summed E-state index contributed by atoms with van der Waals surface area (Å²) >= 11 is 0. The molecule has 7 heteroatoms. The maximum atomic E-state index is 13.7. The first-order valence-corrected chi connectivity index (χ1v) is 10.8. The van der Waals surface area contributed by atoms with Crippen LogP contribution in [0, 0.1) is 17.3 Å². The van der Waals surface area contributed by atoms with E-state index in [1.807, 2.05) is 4.90 Å². The van der Waals surface area contributed by atoms with Crippen LogP contribution in [0.1, 0.15) is 56.0 Å². The number of furan rings is 1. The summed E-state index contributed by atoms with van der Waals surface area (Å²) in [6, 6.07) is 3.39. The molecule has 1 aromatic heterocycles. The summed E-state index contributed by atoms with van der Waals surface area (Å²) in [6.45, 7) is 3.78. The van der Waals surface area contributed by atoms with Gasteiger partial charge in [0.15, 0.2) is 5.76 Å². The number of piperazine rings is 1. The van der Waals surface area contributed by atoms with E-state index in [0.717, 1.165) is 32.1 Å². The minimum Gasteiger partial charge on any atom is -0.459 e. The lowest BCUT2D eigenvalue weighted by molar-refractivity contribution is -0.164. The largest absolute Gasteiger partial charge is 0.459 e. The van der Waals surface area contributed by atoms with Crippen molar-refractivity contribution in [1.29, 1.82) is 0 Å². The van der Waals surface area contributed by atoms with Crippen molar-refractivity contribution in [3.63, 3.8) is 0 Å². The molecule has 0 spiro atoms. The molecule has 0 unspecified atom stereocenters. The minimum atomic E-state index is -0.334. The van der Waals surface area contributed by atoms with Crippen molar-refractivity contribution < 1.29 is 18.8 Å². The van der Waals surface area contributed by atoms with E-state index in [0.29, 0.717) is 43.8 Å².